The normalized spacial score (nSPS) is 12.5. The van der Waals surface area contributed by atoms with Crippen LogP contribution in [-0.4, -0.2) is 29.2 Å². The summed E-state index contributed by atoms with van der Waals surface area (Å²) >= 11 is 0. The molecule has 2 rings (SSSR count). The third-order valence-electron chi connectivity index (χ3n) is 4.19. The van der Waals surface area contributed by atoms with Gasteiger partial charge in [0.15, 0.2) is 0 Å². The van der Waals surface area contributed by atoms with Gasteiger partial charge in [-0.2, -0.15) is 5.26 Å². The fourth-order valence-corrected chi connectivity index (χ4v) is 2.97. The summed E-state index contributed by atoms with van der Waals surface area (Å²) < 4.78 is 7.38. The highest BCUT2D eigenvalue weighted by molar-refractivity contribution is 6.09. The van der Waals surface area contributed by atoms with Crippen LogP contribution in [0.15, 0.2) is 30.0 Å². The molecule has 0 radical (unpaired) electrons. The number of rotatable bonds is 6. The van der Waals surface area contributed by atoms with Crippen LogP contribution < -0.4 is 5.32 Å². The average molecular weight is 352 g/mol. The van der Waals surface area contributed by atoms with E-state index in [0.717, 1.165) is 22.5 Å². The smallest absolute Gasteiger partial charge is 0.267 e. The number of aromatic nitrogens is 2. The van der Waals surface area contributed by atoms with Crippen LogP contribution in [0.3, 0.4) is 0 Å². The monoisotopic (exact) mass is 352 g/mol. The molecule has 0 aromatic carbocycles. The molecule has 6 heteroatoms. The van der Waals surface area contributed by atoms with Gasteiger partial charge in [-0.15, -0.1) is 0 Å². The molecule has 0 fully saturated rings. The molecular formula is C20H24N4O2. The Bertz CT molecular complexity index is 857. The first kappa shape index (κ1) is 19.4. The van der Waals surface area contributed by atoms with Gasteiger partial charge in [-0.25, -0.2) is 4.98 Å². The first-order chi connectivity index (χ1) is 12.4. The van der Waals surface area contributed by atoms with Crippen molar-refractivity contribution in [1.29, 1.82) is 5.26 Å². The first-order valence-electron chi connectivity index (χ1n) is 8.40. The van der Waals surface area contributed by atoms with Crippen molar-refractivity contribution in [3.63, 3.8) is 0 Å². The van der Waals surface area contributed by atoms with Crippen molar-refractivity contribution in [1.82, 2.24) is 9.55 Å². The van der Waals surface area contributed by atoms with Crippen molar-refractivity contribution in [3.05, 3.63) is 52.5 Å². The molecule has 0 spiro atoms. The molecule has 6 nitrogen and oxygen atoms in total. The van der Waals surface area contributed by atoms with Crippen molar-refractivity contribution in [2.24, 2.45) is 0 Å². The van der Waals surface area contributed by atoms with E-state index in [4.69, 9.17) is 4.74 Å². The zero-order chi connectivity index (χ0) is 19.3. The quantitative estimate of drug-likeness (QED) is 0.637. The highest BCUT2D eigenvalue weighted by Crippen LogP contribution is 2.23. The van der Waals surface area contributed by atoms with E-state index in [2.05, 4.69) is 21.8 Å². The molecule has 0 bridgehead atoms. The van der Waals surface area contributed by atoms with E-state index >= 15 is 0 Å². The number of anilines is 1. The molecule has 0 saturated heterocycles. The maximum Gasteiger partial charge on any atom is 0.267 e. The van der Waals surface area contributed by atoms with Gasteiger partial charge in [0.1, 0.15) is 17.5 Å². The Hall–Kier alpha value is -2.91. The summed E-state index contributed by atoms with van der Waals surface area (Å²) in [7, 11) is 1.67. The highest BCUT2D eigenvalue weighted by Gasteiger charge is 2.16. The van der Waals surface area contributed by atoms with Gasteiger partial charge in [0.25, 0.3) is 5.91 Å². The van der Waals surface area contributed by atoms with E-state index < -0.39 is 5.91 Å². The lowest BCUT2D eigenvalue weighted by Gasteiger charge is -2.17. The van der Waals surface area contributed by atoms with Crippen molar-refractivity contribution in [2.45, 2.75) is 33.7 Å². The molecule has 1 unspecified atom stereocenters. The van der Waals surface area contributed by atoms with Gasteiger partial charge in [-0.05, 0) is 57.0 Å². The molecule has 0 aliphatic rings. The van der Waals surface area contributed by atoms with E-state index in [9.17, 15) is 10.1 Å². The number of nitrogens with one attached hydrogen (secondary N) is 1. The number of methoxy groups -OCH3 is 1. The predicted molar refractivity (Wildman–Crippen MR) is 102 cm³/mol. The number of aryl methyl sites for hydroxylation is 2. The zero-order valence-corrected chi connectivity index (χ0v) is 15.8. The number of carbonyl (C=O) groups excluding carboxylic acids is 1. The minimum absolute atomic E-state index is 0.0343. The maximum atomic E-state index is 12.4. The Morgan fingerprint density at radius 1 is 1.42 bits per heavy atom. The van der Waals surface area contributed by atoms with Crippen LogP contribution in [0, 0.1) is 32.1 Å². The van der Waals surface area contributed by atoms with Crippen molar-refractivity contribution in [3.8, 4) is 6.07 Å². The Morgan fingerprint density at radius 2 is 2.15 bits per heavy atom. The minimum Gasteiger partial charge on any atom is -0.383 e. The molecule has 0 aliphatic heterocycles. The van der Waals surface area contributed by atoms with E-state index in [1.54, 1.807) is 25.4 Å². The van der Waals surface area contributed by atoms with Crippen LogP contribution in [0.5, 0.6) is 0 Å². The Labute approximate surface area is 154 Å². The fourth-order valence-electron chi connectivity index (χ4n) is 2.97. The molecular weight excluding hydrogens is 328 g/mol. The lowest BCUT2D eigenvalue weighted by atomic mass is 10.1. The van der Waals surface area contributed by atoms with E-state index in [0.29, 0.717) is 12.4 Å². The number of pyridine rings is 1. The Balaban J connectivity index is 2.28. The van der Waals surface area contributed by atoms with Crippen LogP contribution >= 0.6 is 0 Å². The molecule has 1 atom stereocenters. The van der Waals surface area contributed by atoms with Crippen LogP contribution in [0.2, 0.25) is 0 Å². The summed E-state index contributed by atoms with van der Waals surface area (Å²) in [6.07, 6.45) is 3.28. The van der Waals surface area contributed by atoms with E-state index in [1.807, 2.05) is 39.0 Å². The van der Waals surface area contributed by atoms with Gasteiger partial charge < -0.3 is 14.6 Å². The van der Waals surface area contributed by atoms with Gasteiger partial charge in [-0.1, -0.05) is 6.07 Å². The zero-order valence-electron chi connectivity index (χ0n) is 15.8. The second-order valence-electron chi connectivity index (χ2n) is 6.35. The first-order valence-corrected chi connectivity index (χ1v) is 8.40. The topological polar surface area (TPSA) is 79.9 Å². The van der Waals surface area contributed by atoms with Gasteiger partial charge in [0, 0.05) is 24.7 Å². The summed E-state index contributed by atoms with van der Waals surface area (Å²) in [5, 5.41) is 12.1. The third-order valence-corrected chi connectivity index (χ3v) is 4.19. The van der Waals surface area contributed by atoms with Gasteiger partial charge in [0.2, 0.25) is 0 Å². The molecule has 2 aromatic heterocycles. The number of nitriles is 1. The van der Waals surface area contributed by atoms with Crippen LogP contribution in [0.1, 0.15) is 35.5 Å². The molecule has 2 aromatic rings. The second kappa shape index (κ2) is 8.45. The molecule has 2 heterocycles. The third kappa shape index (κ3) is 4.38. The minimum atomic E-state index is -0.474. The SMILES string of the molecule is COCC(C)n1c(C)cc(/C=C(\C#N)C(=O)Nc2ccc(C)cn2)c1C. The maximum absolute atomic E-state index is 12.4. The number of ether oxygens (including phenoxy) is 1. The van der Waals surface area contributed by atoms with E-state index in [1.165, 1.54) is 0 Å². The summed E-state index contributed by atoms with van der Waals surface area (Å²) in [5.41, 5.74) is 3.91. The number of amides is 1. The molecule has 1 amide bonds. The lowest BCUT2D eigenvalue weighted by molar-refractivity contribution is -0.112. The summed E-state index contributed by atoms with van der Waals surface area (Å²) in [6.45, 7) is 8.54. The summed E-state index contributed by atoms with van der Waals surface area (Å²) in [6, 6.07) is 7.67. The largest absolute Gasteiger partial charge is 0.383 e. The number of carbonyl (C=O) groups is 1. The number of hydrogen-bond donors (Lipinski definition) is 1. The molecule has 136 valence electrons. The summed E-state index contributed by atoms with van der Waals surface area (Å²) in [4.78, 5) is 16.5. The lowest BCUT2D eigenvalue weighted by Crippen LogP contribution is -2.15. The van der Waals surface area contributed by atoms with Gasteiger partial charge in [0.05, 0.1) is 12.6 Å². The highest BCUT2D eigenvalue weighted by atomic mass is 16.5. The average Bonchev–Trinajstić information content (AvgIpc) is 2.88. The second-order valence-corrected chi connectivity index (χ2v) is 6.35. The van der Waals surface area contributed by atoms with Crippen LogP contribution in [0.25, 0.3) is 6.08 Å². The molecule has 0 aliphatic carbocycles. The van der Waals surface area contributed by atoms with Crippen molar-refractivity contribution in [2.75, 3.05) is 19.0 Å². The molecule has 26 heavy (non-hydrogen) atoms. The van der Waals surface area contributed by atoms with Gasteiger partial charge >= 0.3 is 0 Å². The Morgan fingerprint density at radius 3 is 2.73 bits per heavy atom. The standard InChI is InChI=1S/C20H24N4O2/c1-13-6-7-19(22-11-13)23-20(25)18(10-21)9-17-8-14(2)24(16(17)4)15(3)12-26-5/h6-9,11,15H,12H2,1-5H3,(H,22,23,25)/b18-9+. The molecule has 0 saturated carbocycles. The Kier molecular flexibility index (Phi) is 6.31. The predicted octanol–water partition coefficient (Wildman–Crippen LogP) is 3.56. The summed E-state index contributed by atoms with van der Waals surface area (Å²) in [5.74, 6) is -0.0560. The fraction of sp³-hybridized carbons (Fsp3) is 0.350. The number of hydrogen-bond acceptors (Lipinski definition) is 4. The van der Waals surface area contributed by atoms with E-state index in [-0.39, 0.29) is 11.6 Å². The number of nitrogens with zero attached hydrogens (tertiary/aromatic N) is 3. The van der Waals surface area contributed by atoms with Crippen molar-refractivity contribution >= 4 is 17.8 Å². The van der Waals surface area contributed by atoms with Crippen molar-refractivity contribution < 1.29 is 9.53 Å². The molecule has 1 N–H and O–H groups in total. The van der Waals surface area contributed by atoms with Crippen LogP contribution in [0.4, 0.5) is 5.82 Å². The van der Waals surface area contributed by atoms with Gasteiger partial charge in [-0.3, -0.25) is 4.79 Å². The van der Waals surface area contributed by atoms with Crippen LogP contribution in [-0.2, 0) is 9.53 Å².